The summed E-state index contributed by atoms with van der Waals surface area (Å²) < 4.78 is 1.99. The molecule has 0 unspecified atom stereocenters. The minimum Gasteiger partial charge on any atom is -0.395 e. The van der Waals surface area contributed by atoms with Crippen LogP contribution in [0.2, 0.25) is 0 Å². The van der Waals surface area contributed by atoms with Crippen LogP contribution in [0, 0.1) is 0 Å². The van der Waals surface area contributed by atoms with Crippen LogP contribution < -0.4 is 5.32 Å². The van der Waals surface area contributed by atoms with E-state index in [1.165, 1.54) is 11.3 Å². The highest BCUT2D eigenvalue weighted by atomic mass is 16.3. The predicted octanol–water partition coefficient (Wildman–Crippen LogP) is 1.79. The van der Waals surface area contributed by atoms with E-state index in [4.69, 9.17) is 5.11 Å². The smallest absolute Gasteiger partial charge is 0.220 e. The number of nitrogens with zero attached hydrogens (tertiary/aromatic N) is 2. The van der Waals surface area contributed by atoms with Gasteiger partial charge in [0.15, 0.2) is 0 Å². The molecule has 0 bridgehead atoms. The van der Waals surface area contributed by atoms with Crippen LogP contribution in [0.3, 0.4) is 0 Å². The van der Waals surface area contributed by atoms with E-state index < -0.39 is 0 Å². The molecule has 3 rings (SSSR count). The number of carbonyl (C=O) groups is 1. The van der Waals surface area contributed by atoms with Gasteiger partial charge in [-0.25, -0.2) is 4.68 Å². The van der Waals surface area contributed by atoms with E-state index in [1.54, 1.807) is 0 Å². The van der Waals surface area contributed by atoms with Crippen molar-refractivity contribution in [1.29, 1.82) is 0 Å². The molecule has 0 saturated heterocycles. The number of aliphatic hydroxyl groups excluding tert-OH is 1. The van der Waals surface area contributed by atoms with Gasteiger partial charge in [0.05, 0.1) is 18.5 Å². The van der Waals surface area contributed by atoms with Crippen molar-refractivity contribution in [3.63, 3.8) is 0 Å². The topological polar surface area (TPSA) is 67.2 Å². The lowest BCUT2D eigenvalue weighted by atomic mass is 9.84. The van der Waals surface area contributed by atoms with Crippen molar-refractivity contribution in [1.82, 2.24) is 15.1 Å². The van der Waals surface area contributed by atoms with E-state index in [0.717, 1.165) is 24.9 Å². The fourth-order valence-corrected chi connectivity index (χ4v) is 3.14. The largest absolute Gasteiger partial charge is 0.395 e. The molecule has 1 aromatic heterocycles. The Balaban J connectivity index is 1.80. The maximum absolute atomic E-state index is 11.9. The molecule has 0 spiro atoms. The van der Waals surface area contributed by atoms with Crippen LogP contribution in [-0.4, -0.2) is 33.9 Å². The molecule has 22 heavy (non-hydrogen) atoms. The maximum Gasteiger partial charge on any atom is 0.220 e. The molecule has 0 radical (unpaired) electrons. The van der Waals surface area contributed by atoms with E-state index >= 15 is 0 Å². The van der Waals surface area contributed by atoms with E-state index in [2.05, 4.69) is 10.4 Å². The number of amides is 1. The maximum atomic E-state index is 11.9. The van der Waals surface area contributed by atoms with Crippen molar-refractivity contribution in [2.75, 3.05) is 13.2 Å². The van der Waals surface area contributed by atoms with Gasteiger partial charge in [-0.15, -0.1) is 0 Å². The summed E-state index contributed by atoms with van der Waals surface area (Å²) in [7, 11) is 0. The molecule has 1 heterocycles. The summed E-state index contributed by atoms with van der Waals surface area (Å²) in [5.41, 5.74) is 3.47. The van der Waals surface area contributed by atoms with Gasteiger partial charge in [0.2, 0.25) is 5.91 Å². The van der Waals surface area contributed by atoms with Crippen LogP contribution in [0.1, 0.15) is 36.4 Å². The average Bonchev–Trinajstić information content (AvgIpc) is 2.99. The highest BCUT2D eigenvalue weighted by Crippen LogP contribution is 2.34. The van der Waals surface area contributed by atoms with Gasteiger partial charge in [0.1, 0.15) is 0 Å². The summed E-state index contributed by atoms with van der Waals surface area (Å²) in [5.74, 6) is 0.222. The van der Waals surface area contributed by atoms with Crippen molar-refractivity contribution in [3.8, 4) is 5.69 Å². The van der Waals surface area contributed by atoms with Crippen LogP contribution >= 0.6 is 0 Å². The minimum absolute atomic E-state index is 0.000592. The molecule has 5 heteroatoms. The summed E-state index contributed by atoms with van der Waals surface area (Å²) >= 11 is 0. The predicted molar refractivity (Wildman–Crippen MR) is 84.0 cm³/mol. The molecule has 1 amide bonds. The average molecular weight is 299 g/mol. The number of aromatic nitrogens is 2. The highest BCUT2D eigenvalue weighted by molar-refractivity contribution is 5.77. The molecule has 1 aliphatic carbocycles. The Hall–Kier alpha value is -2.14. The zero-order chi connectivity index (χ0) is 15.4. The van der Waals surface area contributed by atoms with Crippen LogP contribution in [-0.2, 0) is 11.2 Å². The summed E-state index contributed by atoms with van der Waals surface area (Å²) in [6.45, 7) is 0.301. The van der Waals surface area contributed by atoms with Gasteiger partial charge in [0, 0.05) is 18.7 Å². The Kier molecular flexibility index (Phi) is 4.53. The Morgan fingerprint density at radius 2 is 2.18 bits per heavy atom. The van der Waals surface area contributed by atoms with Crippen molar-refractivity contribution in [2.24, 2.45) is 0 Å². The number of hydrogen-bond acceptors (Lipinski definition) is 3. The van der Waals surface area contributed by atoms with Gasteiger partial charge in [-0.2, -0.15) is 5.10 Å². The second-order valence-corrected chi connectivity index (χ2v) is 5.66. The summed E-state index contributed by atoms with van der Waals surface area (Å²) in [6, 6.07) is 10.1. The van der Waals surface area contributed by atoms with Crippen LogP contribution in [0.4, 0.5) is 0 Å². The zero-order valence-corrected chi connectivity index (χ0v) is 12.5. The third-order valence-electron chi connectivity index (χ3n) is 4.17. The first-order chi connectivity index (χ1) is 10.8. The van der Waals surface area contributed by atoms with Gasteiger partial charge in [-0.3, -0.25) is 4.79 Å². The Morgan fingerprint density at radius 1 is 1.36 bits per heavy atom. The van der Waals surface area contributed by atoms with Gasteiger partial charge >= 0.3 is 0 Å². The first-order valence-corrected chi connectivity index (χ1v) is 7.79. The minimum atomic E-state index is -0.0202. The fraction of sp³-hybridized carbons (Fsp3) is 0.412. The van der Waals surface area contributed by atoms with E-state index in [1.807, 2.05) is 41.2 Å². The Bertz CT molecular complexity index is 637. The Labute approximate surface area is 130 Å². The second-order valence-electron chi connectivity index (χ2n) is 5.66. The number of fused-ring (bicyclic) bond motifs is 1. The number of carbonyl (C=O) groups excluding carboxylic acids is 1. The summed E-state index contributed by atoms with van der Waals surface area (Å²) in [6.07, 6.45) is 5.46. The number of rotatable bonds is 5. The van der Waals surface area contributed by atoms with Crippen molar-refractivity contribution < 1.29 is 9.90 Å². The molecule has 2 aromatic rings. The van der Waals surface area contributed by atoms with Crippen molar-refractivity contribution in [3.05, 3.63) is 47.8 Å². The molecule has 1 aromatic carbocycles. The second kappa shape index (κ2) is 6.75. The van der Waals surface area contributed by atoms with E-state index in [9.17, 15) is 4.79 Å². The molecular formula is C17H21N3O2. The third-order valence-corrected chi connectivity index (χ3v) is 4.17. The van der Waals surface area contributed by atoms with Crippen LogP contribution in [0.15, 0.2) is 36.5 Å². The van der Waals surface area contributed by atoms with Crippen LogP contribution in [0.25, 0.3) is 5.69 Å². The molecule has 1 atom stereocenters. The first kappa shape index (κ1) is 14.8. The Morgan fingerprint density at radius 3 is 2.95 bits per heavy atom. The van der Waals surface area contributed by atoms with E-state index in [-0.39, 0.29) is 18.4 Å². The molecule has 0 fully saturated rings. The molecule has 5 nitrogen and oxygen atoms in total. The SMILES string of the molecule is O=C(C[C@H]1CCCc2c1cnn2-c1ccccc1)NCCO. The molecule has 116 valence electrons. The number of nitrogens with one attached hydrogen (secondary N) is 1. The number of hydrogen-bond donors (Lipinski definition) is 2. The van der Waals surface area contributed by atoms with Gasteiger partial charge in [-0.1, -0.05) is 18.2 Å². The van der Waals surface area contributed by atoms with Crippen molar-refractivity contribution >= 4 is 5.91 Å². The lowest BCUT2D eigenvalue weighted by Crippen LogP contribution is -2.28. The lowest BCUT2D eigenvalue weighted by molar-refractivity contribution is -0.121. The molecule has 2 N–H and O–H groups in total. The monoisotopic (exact) mass is 299 g/mol. The van der Waals surface area contributed by atoms with Gasteiger partial charge in [0.25, 0.3) is 0 Å². The van der Waals surface area contributed by atoms with Crippen LogP contribution in [0.5, 0.6) is 0 Å². The van der Waals surface area contributed by atoms with Gasteiger partial charge in [-0.05, 0) is 42.9 Å². The number of para-hydroxylation sites is 1. The molecular weight excluding hydrogens is 278 g/mol. The van der Waals surface area contributed by atoms with Crippen molar-refractivity contribution in [2.45, 2.75) is 31.6 Å². The number of benzene rings is 1. The number of aliphatic hydroxyl groups is 1. The summed E-state index contributed by atoms with van der Waals surface area (Å²) in [4.78, 5) is 11.9. The molecule has 0 saturated carbocycles. The first-order valence-electron chi connectivity index (χ1n) is 7.79. The standard InChI is InChI=1S/C17H21N3O2/c21-10-9-18-17(22)11-13-5-4-8-16-15(13)12-19-20(16)14-6-2-1-3-7-14/h1-3,6-7,12-13,21H,4-5,8-11H2,(H,18,22)/t13-/m1/s1. The highest BCUT2D eigenvalue weighted by Gasteiger charge is 2.26. The third kappa shape index (κ3) is 3.04. The molecule has 0 aliphatic heterocycles. The normalized spacial score (nSPS) is 17.0. The van der Waals surface area contributed by atoms with Gasteiger partial charge < -0.3 is 10.4 Å². The lowest BCUT2D eigenvalue weighted by Gasteiger charge is -2.22. The molecule has 1 aliphatic rings. The van der Waals surface area contributed by atoms with E-state index in [0.29, 0.717) is 13.0 Å². The quantitative estimate of drug-likeness (QED) is 0.884. The zero-order valence-electron chi connectivity index (χ0n) is 12.5. The fourth-order valence-electron chi connectivity index (χ4n) is 3.14. The summed E-state index contributed by atoms with van der Waals surface area (Å²) in [5, 5.41) is 16.0.